The number of sulfonamides is 1. The van der Waals surface area contributed by atoms with Gasteiger partial charge in [-0.25, -0.2) is 13.4 Å². The first-order valence-corrected chi connectivity index (χ1v) is 12.6. The number of fused-ring (bicyclic) bond motifs is 1. The maximum Gasteiger partial charge on any atom is 0.251 e. The second kappa shape index (κ2) is 9.82. The number of carbonyl (C=O) groups is 1. The van der Waals surface area contributed by atoms with Gasteiger partial charge in [-0.1, -0.05) is 6.07 Å². The molecule has 1 aliphatic rings. The van der Waals surface area contributed by atoms with Crippen LogP contribution in [0.15, 0.2) is 59.8 Å². The van der Waals surface area contributed by atoms with Gasteiger partial charge in [-0.2, -0.15) is 4.31 Å². The Labute approximate surface area is 185 Å². The zero-order valence-corrected chi connectivity index (χ0v) is 18.6. The van der Waals surface area contributed by atoms with Crippen LogP contribution in [0.2, 0.25) is 0 Å². The summed E-state index contributed by atoms with van der Waals surface area (Å²) in [5.74, 6) is 0.326. The molecule has 0 spiro atoms. The average Bonchev–Trinajstić information content (AvgIpc) is 3.21. The lowest BCUT2D eigenvalue weighted by molar-refractivity contribution is 0.0730. The lowest BCUT2D eigenvalue weighted by Crippen LogP contribution is -2.43. The molecule has 0 radical (unpaired) electrons. The second-order valence-electron chi connectivity index (χ2n) is 7.09. The number of thioether (sulfide) groups is 1. The van der Waals surface area contributed by atoms with Crippen LogP contribution in [0.25, 0.3) is 5.65 Å². The Balaban J connectivity index is 1.25. The number of nitrogens with zero attached hydrogens (tertiary/aromatic N) is 3. The van der Waals surface area contributed by atoms with Crippen LogP contribution < -0.4 is 5.32 Å². The predicted octanol–water partition coefficient (Wildman–Crippen LogP) is 2.02. The third-order valence-corrected chi connectivity index (χ3v) is 7.84. The van der Waals surface area contributed by atoms with Crippen molar-refractivity contribution in [3.8, 4) is 0 Å². The topological polar surface area (TPSA) is 93.0 Å². The molecule has 2 aromatic heterocycles. The van der Waals surface area contributed by atoms with Crippen molar-refractivity contribution in [2.24, 2.45) is 0 Å². The van der Waals surface area contributed by atoms with Crippen LogP contribution in [0.1, 0.15) is 16.1 Å². The molecule has 8 nitrogen and oxygen atoms in total. The molecule has 1 aromatic carbocycles. The Hall–Kier alpha value is -2.40. The fourth-order valence-corrected chi connectivity index (χ4v) is 5.37. The molecular formula is C21H24N4O4S2. The highest BCUT2D eigenvalue weighted by Gasteiger charge is 2.24. The number of rotatable bonds is 8. The quantitative estimate of drug-likeness (QED) is 0.517. The number of benzene rings is 1. The van der Waals surface area contributed by atoms with Gasteiger partial charge in [-0.15, -0.1) is 11.8 Å². The number of morpholine rings is 1. The molecule has 3 aromatic rings. The summed E-state index contributed by atoms with van der Waals surface area (Å²) in [5, 5.41) is 2.69. The van der Waals surface area contributed by atoms with Crippen molar-refractivity contribution in [3.05, 3.63) is 66.1 Å². The lowest BCUT2D eigenvalue weighted by atomic mass is 10.2. The summed E-state index contributed by atoms with van der Waals surface area (Å²) in [5.41, 5.74) is 2.40. The van der Waals surface area contributed by atoms with Crippen molar-refractivity contribution in [3.63, 3.8) is 0 Å². The van der Waals surface area contributed by atoms with Crippen LogP contribution in [-0.4, -0.2) is 66.6 Å². The van der Waals surface area contributed by atoms with Gasteiger partial charge in [0.05, 0.1) is 24.7 Å². The molecule has 10 heteroatoms. The van der Waals surface area contributed by atoms with Crippen molar-refractivity contribution < 1.29 is 17.9 Å². The number of ether oxygens (including phenoxy) is 1. The molecule has 0 bridgehead atoms. The molecule has 31 heavy (non-hydrogen) atoms. The van der Waals surface area contributed by atoms with E-state index < -0.39 is 10.0 Å². The van der Waals surface area contributed by atoms with Crippen LogP contribution in [-0.2, 0) is 20.5 Å². The zero-order valence-electron chi connectivity index (χ0n) is 16.9. The summed E-state index contributed by atoms with van der Waals surface area (Å²) >= 11 is 1.64. The number of nitrogens with one attached hydrogen (secondary N) is 1. The fraction of sp³-hybridized carbons (Fsp3) is 0.333. The number of pyridine rings is 1. The smallest absolute Gasteiger partial charge is 0.251 e. The summed E-state index contributed by atoms with van der Waals surface area (Å²) in [6, 6.07) is 13.2. The van der Waals surface area contributed by atoms with E-state index in [1.54, 1.807) is 23.9 Å². The molecular weight excluding hydrogens is 436 g/mol. The molecule has 1 amide bonds. The second-order valence-corrected chi connectivity index (χ2v) is 10.2. The van der Waals surface area contributed by atoms with Gasteiger partial charge < -0.3 is 14.5 Å². The van der Waals surface area contributed by atoms with E-state index >= 15 is 0 Å². The van der Waals surface area contributed by atoms with Crippen LogP contribution in [0, 0.1) is 0 Å². The summed E-state index contributed by atoms with van der Waals surface area (Å²) in [7, 11) is -3.38. The molecule has 164 valence electrons. The van der Waals surface area contributed by atoms with Crippen LogP contribution in [0.4, 0.5) is 0 Å². The predicted molar refractivity (Wildman–Crippen MR) is 120 cm³/mol. The number of amides is 1. The van der Waals surface area contributed by atoms with E-state index in [0.29, 0.717) is 31.9 Å². The lowest BCUT2D eigenvalue weighted by Gasteiger charge is -2.26. The van der Waals surface area contributed by atoms with Gasteiger partial charge >= 0.3 is 0 Å². The summed E-state index contributed by atoms with van der Waals surface area (Å²) in [4.78, 5) is 17.9. The normalized spacial score (nSPS) is 15.2. The van der Waals surface area contributed by atoms with Gasteiger partial charge in [-0.3, -0.25) is 4.79 Å². The number of hydrogen-bond acceptors (Lipinski definition) is 6. The number of aromatic nitrogens is 2. The van der Waals surface area contributed by atoms with Crippen LogP contribution in [0.3, 0.4) is 0 Å². The Morgan fingerprint density at radius 1 is 1.13 bits per heavy atom. The van der Waals surface area contributed by atoms with Crippen LogP contribution >= 0.6 is 11.8 Å². The Bertz CT molecular complexity index is 1110. The molecule has 0 atom stereocenters. The highest BCUT2D eigenvalue weighted by Crippen LogP contribution is 2.23. The molecule has 1 N–H and O–H groups in total. The van der Waals surface area contributed by atoms with E-state index in [0.717, 1.165) is 22.0 Å². The van der Waals surface area contributed by atoms with Gasteiger partial charge in [0.1, 0.15) is 5.65 Å². The van der Waals surface area contributed by atoms with Crippen molar-refractivity contribution in [2.75, 3.05) is 38.6 Å². The van der Waals surface area contributed by atoms with E-state index in [9.17, 15) is 13.2 Å². The average molecular weight is 461 g/mol. The molecule has 3 heterocycles. The van der Waals surface area contributed by atoms with Crippen molar-refractivity contribution >= 4 is 33.3 Å². The van der Waals surface area contributed by atoms with Gasteiger partial charge in [0.15, 0.2) is 0 Å². The molecule has 1 aliphatic heterocycles. The Kier molecular flexibility index (Phi) is 6.91. The minimum absolute atomic E-state index is 0.0723. The molecule has 1 fully saturated rings. The van der Waals surface area contributed by atoms with Gasteiger partial charge in [0.2, 0.25) is 10.0 Å². The maximum absolute atomic E-state index is 12.3. The number of carbonyl (C=O) groups excluding carboxylic acids is 1. The van der Waals surface area contributed by atoms with E-state index in [1.165, 1.54) is 4.31 Å². The molecule has 0 aliphatic carbocycles. The van der Waals surface area contributed by atoms with Gasteiger partial charge in [-0.05, 0) is 36.4 Å². The Morgan fingerprint density at radius 2 is 1.90 bits per heavy atom. The SMILES string of the molecule is O=C(NCCS(=O)(=O)N1CCOCC1)c1ccc(SCc2cn3ccccc3n2)cc1. The third kappa shape index (κ3) is 5.65. The monoisotopic (exact) mass is 460 g/mol. The van der Waals surface area contributed by atoms with E-state index in [1.807, 2.05) is 47.1 Å². The van der Waals surface area contributed by atoms with E-state index in [4.69, 9.17) is 4.74 Å². The van der Waals surface area contributed by atoms with Crippen LogP contribution in [0.5, 0.6) is 0 Å². The third-order valence-electron chi connectivity index (χ3n) is 4.93. The summed E-state index contributed by atoms with van der Waals surface area (Å²) in [6.07, 6.45) is 3.98. The van der Waals surface area contributed by atoms with E-state index in [2.05, 4.69) is 10.3 Å². The fourth-order valence-electron chi connectivity index (χ4n) is 3.27. The molecule has 0 saturated carbocycles. The minimum Gasteiger partial charge on any atom is -0.379 e. The number of imidazole rings is 1. The highest BCUT2D eigenvalue weighted by molar-refractivity contribution is 7.98. The summed E-state index contributed by atoms with van der Waals surface area (Å²) < 4.78 is 33.2. The minimum atomic E-state index is -3.38. The number of hydrogen-bond donors (Lipinski definition) is 1. The molecule has 0 unspecified atom stereocenters. The first-order valence-electron chi connectivity index (χ1n) is 10.0. The first-order chi connectivity index (χ1) is 15.0. The van der Waals surface area contributed by atoms with Crippen molar-refractivity contribution in [2.45, 2.75) is 10.6 Å². The van der Waals surface area contributed by atoms with Gasteiger partial charge in [0, 0.05) is 48.2 Å². The van der Waals surface area contributed by atoms with E-state index in [-0.39, 0.29) is 18.2 Å². The van der Waals surface area contributed by atoms with Gasteiger partial charge in [0.25, 0.3) is 5.91 Å². The highest BCUT2D eigenvalue weighted by atomic mass is 32.2. The maximum atomic E-state index is 12.3. The first kappa shape index (κ1) is 21.8. The largest absolute Gasteiger partial charge is 0.379 e. The molecule has 4 rings (SSSR count). The van der Waals surface area contributed by atoms with Crippen molar-refractivity contribution in [1.29, 1.82) is 0 Å². The zero-order chi connectivity index (χ0) is 21.7. The van der Waals surface area contributed by atoms with Crippen molar-refractivity contribution in [1.82, 2.24) is 19.0 Å². The molecule has 1 saturated heterocycles. The Morgan fingerprint density at radius 3 is 2.65 bits per heavy atom. The standard InChI is InChI=1S/C21H24N4O4S2/c26-21(22-8-14-31(27,28)25-10-12-29-13-11-25)17-4-6-19(7-5-17)30-16-18-15-24-9-2-1-3-20(24)23-18/h1-7,9,15H,8,10-14,16H2,(H,22,26). The summed E-state index contributed by atoms with van der Waals surface area (Å²) in [6.45, 7) is 1.62.